The molecule has 0 amide bonds. The third-order valence-corrected chi connectivity index (χ3v) is 2.11. The van der Waals surface area contributed by atoms with Crippen molar-refractivity contribution in [1.82, 2.24) is 0 Å². The van der Waals surface area contributed by atoms with E-state index in [0.717, 1.165) is 12.1 Å². The maximum absolute atomic E-state index is 12.5. The number of nitrogens with two attached hydrogens (primary N) is 1. The van der Waals surface area contributed by atoms with Crippen molar-refractivity contribution in [2.75, 3.05) is 24.2 Å². The molecule has 1 rings (SSSR count). The first-order valence-electron chi connectivity index (χ1n) is 4.84. The number of hydrogen-bond acceptors (Lipinski definition) is 4. The van der Waals surface area contributed by atoms with Gasteiger partial charge in [0.05, 0.1) is 18.3 Å². The topological polar surface area (TPSA) is 78.5 Å². The molecule has 4 nitrogen and oxygen atoms in total. The fraction of sp³-hybridized carbons (Fsp3) is 0.400. The Kier molecular flexibility index (Phi) is 4.19. The molecule has 1 atom stereocenters. The third kappa shape index (κ3) is 3.79. The third-order valence-electron chi connectivity index (χ3n) is 2.11. The first kappa shape index (κ1) is 13.6. The summed E-state index contributed by atoms with van der Waals surface area (Å²) < 4.78 is 37.5. The van der Waals surface area contributed by atoms with Gasteiger partial charge in [0.25, 0.3) is 0 Å². The number of alkyl halides is 3. The lowest BCUT2D eigenvalue weighted by Crippen LogP contribution is -2.23. The fourth-order valence-corrected chi connectivity index (χ4v) is 1.21. The number of hydrogen-bond donors (Lipinski definition) is 4. The standard InChI is InChI=1S/C10H13F3N2O2/c11-10(12,13)8-3-6(1-2-9(8)14)15-4-7(17)5-16/h1-3,7,15-17H,4-5,14H2. The van der Waals surface area contributed by atoms with Gasteiger partial charge < -0.3 is 21.3 Å². The SMILES string of the molecule is Nc1ccc(NCC(O)CO)cc1C(F)(F)F. The average Bonchev–Trinajstić information content (AvgIpc) is 2.26. The summed E-state index contributed by atoms with van der Waals surface area (Å²) >= 11 is 0. The number of aliphatic hydroxyl groups excluding tert-OH is 2. The second-order valence-corrected chi connectivity index (χ2v) is 3.52. The van der Waals surface area contributed by atoms with Gasteiger partial charge in [-0.15, -0.1) is 0 Å². The summed E-state index contributed by atoms with van der Waals surface area (Å²) in [6, 6.07) is 3.37. The van der Waals surface area contributed by atoms with Crippen LogP contribution in [-0.4, -0.2) is 29.5 Å². The van der Waals surface area contributed by atoms with Gasteiger partial charge in [-0.2, -0.15) is 13.2 Å². The van der Waals surface area contributed by atoms with Gasteiger partial charge in [0.1, 0.15) is 0 Å². The molecule has 96 valence electrons. The normalized spacial score (nSPS) is 13.5. The van der Waals surface area contributed by atoms with Gasteiger partial charge in [-0.1, -0.05) is 0 Å². The van der Waals surface area contributed by atoms with Crippen molar-refractivity contribution >= 4 is 11.4 Å². The molecule has 0 aliphatic carbocycles. The molecular formula is C10H13F3N2O2. The lowest BCUT2D eigenvalue weighted by Gasteiger charge is -2.14. The molecular weight excluding hydrogens is 237 g/mol. The minimum absolute atomic E-state index is 0.0439. The maximum atomic E-state index is 12.5. The highest BCUT2D eigenvalue weighted by Gasteiger charge is 2.33. The number of benzene rings is 1. The van der Waals surface area contributed by atoms with E-state index >= 15 is 0 Å². The van der Waals surface area contributed by atoms with E-state index in [1.54, 1.807) is 0 Å². The van der Waals surface area contributed by atoms with E-state index in [2.05, 4.69) is 5.32 Å². The number of nitrogen functional groups attached to an aromatic ring is 1. The molecule has 0 fully saturated rings. The predicted molar refractivity (Wildman–Crippen MR) is 57.4 cm³/mol. The number of halogens is 3. The van der Waals surface area contributed by atoms with Crippen LogP contribution in [-0.2, 0) is 6.18 Å². The van der Waals surface area contributed by atoms with Crippen molar-refractivity contribution < 1.29 is 23.4 Å². The van der Waals surface area contributed by atoms with E-state index in [0.29, 0.717) is 0 Å². The van der Waals surface area contributed by atoms with Gasteiger partial charge in [-0.25, -0.2) is 0 Å². The zero-order valence-corrected chi connectivity index (χ0v) is 8.83. The van der Waals surface area contributed by atoms with E-state index in [9.17, 15) is 13.2 Å². The fourth-order valence-electron chi connectivity index (χ4n) is 1.21. The highest BCUT2D eigenvalue weighted by molar-refractivity contribution is 5.58. The monoisotopic (exact) mass is 250 g/mol. The molecule has 17 heavy (non-hydrogen) atoms. The van der Waals surface area contributed by atoms with E-state index < -0.39 is 24.5 Å². The molecule has 0 radical (unpaired) electrons. The molecule has 0 aliphatic heterocycles. The Morgan fingerprint density at radius 1 is 1.35 bits per heavy atom. The zero-order chi connectivity index (χ0) is 13.1. The summed E-state index contributed by atoms with van der Waals surface area (Å²) in [6.45, 7) is -0.508. The minimum Gasteiger partial charge on any atom is -0.398 e. The van der Waals surface area contributed by atoms with Gasteiger partial charge in [0, 0.05) is 17.9 Å². The van der Waals surface area contributed by atoms with Crippen LogP contribution in [0.3, 0.4) is 0 Å². The Bertz CT molecular complexity index is 382. The van der Waals surface area contributed by atoms with Crippen LogP contribution in [0.4, 0.5) is 24.5 Å². The zero-order valence-electron chi connectivity index (χ0n) is 8.83. The largest absolute Gasteiger partial charge is 0.418 e. The maximum Gasteiger partial charge on any atom is 0.418 e. The number of anilines is 2. The minimum atomic E-state index is -4.52. The summed E-state index contributed by atoms with van der Waals surface area (Å²) in [5, 5.41) is 20.2. The molecule has 1 aromatic carbocycles. The Morgan fingerprint density at radius 3 is 2.53 bits per heavy atom. The van der Waals surface area contributed by atoms with Gasteiger partial charge in [-0.05, 0) is 18.2 Å². The van der Waals surface area contributed by atoms with E-state index in [1.165, 1.54) is 6.07 Å². The second kappa shape index (κ2) is 5.24. The van der Waals surface area contributed by atoms with Crippen LogP contribution in [0.25, 0.3) is 0 Å². The first-order valence-corrected chi connectivity index (χ1v) is 4.84. The van der Waals surface area contributed by atoms with Crippen LogP contribution in [0.1, 0.15) is 5.56 Å². The van der Waals surface area contributed by atoms with Crippen LogP contribution in [0, 0.1) is 0 Å². The lowest BCUT2D eigenvalue weighted by atomic mass is 10.1. The number of nitrogens with one attached hydrogen (secondary N) is 1. The van der Waals surface area contributed by atoms with Crippen LogP contribution >= 0.6 is 0 Å². The number of aliphatic hydroxyl groups is 2. The van der Waals surface area contributed by atoms with E-state index in [-0.39, 0.29) is 17.9 Å². The highest BCUT2D eigenvalue weighted by Crippen LogP contribution is 2.35. The Balaban J connectivity index is 2.82. The van der Waals surface area contributed by atoms with Crippen molar-refractivity contribution in [3.05, 3.63) is 23.8 Å². The van der Waals surface area contributed by atoms with Crippen LogP contribution in [0.5, 0.6) is 0 Å². The summed E-state index contributed by atoms with van der Waals surface area (Å²) in [5.41, 5.74) is 4.11. The van der Waals surface area contributed by atoms with Gasteiger partial charge in [-0.3, -0.25) is 0 Å². The summed E-state index contributed by atoms with van der Waals surface area (Å²) in [5.74, 6) is 0. The van der Waals surface area contributed by atoms with Gasteiger partial charge in [0.2, 0.25) is 0 Å². The van der Waals surface area contributed by atoms with Gasteiger partial charge in [0.15, 0.2) is 0 Å². The van der Waals surface area contributed by atoms with E-state index in [1.807, 2.05) is 0 Å². The molecule has 1 unspecified atom stereocenters. The first-order chi connectivity index (χ1) is 7.84. The van der Waals surface area contributed by atoms with Crippen molar-refractivity contribution in [2.24, 2.45) is 0 Å². The van der Waals surface area contributed by atoms with Crippen LogP contribution in [0.15, 0.2) is 18.2 Å². The summed E-state index contributed by atoms with van der Waals surface area (Å²) in [4.78, 5) is 0. The molecule has 7 heteroatoms. The molecule has 0 spiro atoms. The van der Waals surface area contributed by atoms with Crippen LogP contribution < -0.4 is 11.1 Å². The molecule has 1 aromatic rings. The molecule has 0 saturated carbocycles. The molecule has 0 bridgehead atoms. The number of rotatable bonds is 4. The summed E-state index contributed by atoms with van der Waals surface area (Å²) in [6.07, 6.45) is -5.54. The Hall–Kier alpha value is -1.47. The molecule has 5 N–H and O–H groups in total. The van der Waals surface area contributed by atoms with Gasteiger partial charge >= 0.3 is 6.18 Å². The van der Waals surface area contributed by atoms with Crippen LogP contribution in [0.2, 0.25) is 0 Å². The quantitative estimate of drug-likeness (QED) is 0.602. The predicted octanol–water partition coefficient (Wildman–Crippen LogP) is 1.05. The second-order valence-electron chi connectivity index (χ2n) is 3.52. The molecule has 0 aromatic heterocycles. The Morgan fingerprint density at radius 2 is 2.00 bits per heavy atom. The molecule has 0 heterocycles. The summed E-state index contributed by atoms with van der Waals surface area (Å²) in [7, 11) is 0. The average molecular weight is 250 g/mol. The molecule has 0 saturated heterocycles. The Labute approximate surface area is 95.9 Å². The van der Waals surface area contributed by atoms with Crippen molar-refractivity contribution in [3.63, 3.8) is 0 Å². The smallest absolute Gasteiger partial charge is 0.398 e. The lowest BCUT2D eigenvalue weighted by molar-refractivity contribution is -0.136. The highest BCUT2D eigenvalue weighted by atomic mass is 19.4. The molecule has 0 aliphatic rings. The van der Waals surface area contributed by atoms with Crippen molar-refractivity contribution in [2.45, 2.75) is 12.3 Å². The van der Waals surface area contributed by atoms with E-state index in [4.69, 9.17) is 15.9 Å². The van der Waals surface area contributed by atoms with Crippen molar-refractivity contribution in [1.29, 1.82) is 0 Å². The van der Waals surface area contributed by atoms with Crippen molar-refractivity contribution in [3.8, 4) is 0 Å².